The first kappa shape index (κ1) is 15.4. The van der Waals surface area contributed by atoms with E-state index in [1.165, 1.54) is 11.8 Å². The predicted octanol–water partition coefficient (Wildman–Crippen LogP) is 3.32. The highest BCUT2D eigenvalue weighted by molar-refractivity contribution is 8.06. The minimum atomic E-state index is 0.509. The molecule has 110 valence electrons. The first-order valence-electron chi connectivity index (χ1n) is 6.98. The Labute approximate surface area is 129 Å². The zero-order chi connectivity index (χ0) is 15.2. The van der Waals surface area contributed by atoms with Crippen molar-refractivity contribution >= 4 is 23.3 Å². The number of nitrogens with zero attached hydrogens (tertiary/aromatic N) is 3. The second-order valence-corrected chi connectivity index (χ2v) is 5.98. The number of aromatic nitrogens is 2. The summed E-state index contributed by atoms with van der Waals surface area (Å²) < 4.78 is 0. The van der Waals surface area contributed by atoms with E-state index in [1.54, 1.807) is 12.3 Å². The van der Waals surface area contributed by atoms with E-state index in [4.69, 9.17) is 0 Å². The fourth-order valence-electron chi connectivity index (χ4n) is 1.73. The van der Waals surface area contributed by atoms with Crippen molar-refractivity contribution in [1.82, 2.24) is 15.3 Å². The van der Waals surface area contributed by atoms with E-state index in [0.29, 0.717) is 23.1 Å². The second kappa shape index (κ2) is 7.14. The first-order valence-corrected chi connectivity index (χ1v) is 7.86. The summed E-state index contributed by atoms with van der Waals surface area (Å²) in [5, 5.41) is 18.8. The topological polar surface area (TPSA) is 73.6 Å². The standard InChI is InChI=1S/C15H19N5S/c1-4-11-9-21-14(19-11)12(7-16)13-5-6-17-15(20-13)18-8-10(2)3/h5-6,9-10,19H,4,8H2,1-3H3,(H,17,18,20). The normalized spacial score (nSPS) is 16.2. The molecule has 5 nitrogen and oxygen atoms in total. The first-order chi connectivity index (χ1) is 10.1. The zero-order valence-electron chi connectivity index (χ0n) is 12.5. The van der Waals surface area contributed by atoms with Crippen LogP contribution in [0.5, 0.6) is 0 Å². The van der Waals surface area contributed by atoms with Crippen LogP contribution in [0.3, 0.4) is 0 Å². The number of allylic oxidation sites excluding steroid dienone is 2. The van der Waals surface area contributed by atoms with Crippen LogP contribution >= 0.6 is 11.8 Å². The maximum absolute atomic E-state index is 9.44. The van der Waals surface area contributed by atoms with Gasteiger partial charge < -0.3 is 10.6 Å². The van der Waals surface area contributed by atoms with Crippen molar-refractivity contribution in [2.24, 2.45) is 5.92 Å². The van der Waals surface area contributed by atoms with Crippen molar-refractivity contribution in [3.63, 3.8) is 0 Å². The Balaban J connectivity index is 2.22. The molecule has 0 aromatic carbocycles. The van der Waals surface area contributed by atoms with Gasteiger partial charge in [0.05, 0.1) is 10.7 Å². The van der Waals surface area contributed by atoms with Gasteiger partial charge in [-0.05, 0) is 23.8 Å². The van der Waals surface area contributed by atoms with Crippen LogP contribution in [-0.4, -0.2) is 16.5 Å². The third kappa shape index (κ3) is 3.99. The number of hydrogen-bond donors (Lipinski definition) is 2. The number of hydrogen-bond acceptors (Lipinski definition) is 6. The number of nitriles is 1. The van der Waals surface area contributed by atoms with Crippen molar-refractivity contribution in [2.75, 3.05) is 11.9 Å². The van der Waals surface area contributed by atoms with E-state index in [2.05, 4.69) is 47.4 Å². The van der Waals surface area contributed by atoms with E-state index in [9.17, 15) is 5.26 Å². The average molecular weight is 301 g/mol. The van der Waals surface area contributed by atoms with E-state index in [1.807, 2.05) is 5.41 Å². The highest BCUT2D eigenvalue weighted by Crippen LogP contribution is 2.31. The fraction of sp³-hybridized carbons (Fsp3) is 0.400. The second-order valence-electron chi connectivity index (χ2n) is 5.10. The average Bonchev–Trinajstić information content (AvgIpc) is 2.95. The van der Waals surface area contributed by atoms with E-state index < -0.39 is 0 Å². The monoisotopic (exact) mass is 301 g/mol. The lowest BCUT2D eigenvalue weighted by molar-refractivity contribution is 0.684. The molecule has 1 aliphatic rings. The lowest BCUT2D eigenvalue weighted by Gasteiger charge is -2.09. The molecule has 0 saturated carbocycles. The molecule has 1 aliphatic heterocycles. The van der Waals surface area contributed by atoms with Crippen LogP contribution in [0, 0.1) is 17.2 Å². The molecule has 0 atom stereocenters. The quantitative estimate of drug-likeness (QED) is 0.813. The fourth-order valence-corrected chi connectivity index (χ4v) is 2.67. The van der Waals surface area contributed by atoms with Crippen LogP contribution in [0.2, 0.25) is 0 Å². The Morgan fingerprint density at radius 1 is 1.52 bits per heavy atom. The van der Waals surface area contributed by atoms with Gasteiger partial charge in [-0.1, -0.05) is 32.5 Å². The lowest BCUT2D eigenvalue weighted by Crippen LogP contribution is -2.11. The maximum atomic E-state index is 9.44. The van der Waals surface area contributed by atoms with Gasteiger partial charge in [-0.15, -0.1) is 0 Å². The number of nitrogens with one attached hydrogen (secondary N) is 2. The van der Waals surface area contributed by atoms with Gasteiger partial charge in [0, 0.05) is 18.4 Å². The summed E-state index contributed by atoms with van der Waals surface area (Å²) in [5.41, 5.74) is 2.31. The summed E-state index contributed by atoms with van der Waals surface area (Å²) in [4.78, 5) is 8.62. The summed E-state index contributed by atoms with van der Waals surface area (Å²) in [6.07, 6.45) is 2.59. The minimum absolute atomic E-state index is 0.509. The molecule has 21 heavy (non-hydrogen) atoms. The van der Waals surface area contributed by atoms with Crippen LogP contribution in [0.15, 0.2) is 28.4 Å². The Morgan fingerprint density at radius 2 is 2.33 bits per heavy atom. The van der Waals surface area contributed by atoms with E-state index in [0.717, 1.165) is 23.7 Å². The molecule has 2 heterocycles. The van der Waals surface area contributed by atoms with Crippen molar-refractivity contribution in [3.05, 3.63) is 34.1 Å². The van der Waals surface area contributed by atoms with Gasteiger partial charge in [-0.25, -0.2) is 9.97 Å². The third-order valence-corrected chi connectivity index (χ3v) is 3.84. The number of rotatable bonds is 5. The number of thioether (sulfide) groups is 1. The summed E-state index contributed by atoms with van der Waals surface area (Å²) in [6.45, 7) is 7.12. The van der Waals surface area contributed by atoms with E-state index >= 15 is 0 Å². The molecule has 2 rings (SSSR count). The van der Waals surface area contributed by atoms with Gasteiger partial charge in [0.15, 0.2) is 0 Å². The van der Waals surface area contributed by atoms with Crippen LogP contribution in [-0.2, 0) is 0 Å². The van der Waals surface area contributed by atoms with Gasteiger partial charge in [-0.2, -0.15) is 5.26 Å². The Bertz CT molecular complexity index is 613. The summed E-state index contributed by atoms with van der Waals surface area (Å²) in [5.74, 6) is 1.07. The molecule has 0 amide bonds. The van der Waals surface area contributed by atoms with Gasteiger partial charge in [0.1, 0.15) is 11.6 Å². The molecule has 6 heteroatoms. The van der Waals surface area contributed by atoms with E-state index in [-0.39, 0.29) is 0 Å². The highest BCUT2D eigenvalue weighted by atomic mass is 32.2. The van der Waals surface area contributed by atoms with Gasteiger partial charge >= 0.3 is 0 Å². The summed E-state index contributed by atoms with van der Waals surface area (Å²) >= 11 is 1.53. The van der Waals surface area contributed by atoms with Crippen LogP contribution in [0.1, 0.15) is 32.9 Å². The highest BCUT2D eigenvalue weighted by Gasteiger charge is 2.16. The molecule has 0 fully saturated rings. The van der Waals surface area contributed by atoms with Crippen molar-refractivity contribution in [3.8, 4) is 6.07 Å². The smallest absolute Gasteiger partial charge is 0.223 e. The van der Waals surface area contributed by atoms with Gasteiger partial charge in [0.25, 0.3) is 0 Å². The zero-order valence-corrected chi connectivity index (χ0v) is 13.3. The summed E-state index contributed by atoms with van der Waals surface area (Å²) in [6, 6.07) is 4.00. The van der Waals surface area contributed by atoms with Crippen LogP contribution < -0.4 is 10.6 Å². The van der Waals surface area contributed by atoms with Gasteiger partial charge in [-0.3, -0.25) is 0 Å². The Morgan fingerprint density at radius 3 is 2.95 bits per heavy atom. The molecule has 0 spiro atoms. The van der Waals surface area contributed by atoms with Gasteiger partial charge in [0.2, 0.25) is 5.95 Å². The van der Waals surface area contributed by atoms with Crippen molar-refractivity contribution in [2.45, 2.75) is 27.2 Å². The molecule has 0 bridgehead atoms. The van der Waals surface area contributed by atoms with Crippen molar-refractivity contribution < 1.29 is 0 Å². The van der Waals surface area contributed by atoms with Crippen LogP contribution in [0.25, 0.3) is 5.57 Å². The molecule has 1 aromatic heterocycles. The third-order valence-electron chi connectivity index (χ3n) is 2.89. The maximum Gasteiger partial charge on any atom is 0.223 e. The lowest BCUT2D eigenvalue weighted by atomic mass is 10.2. The molecule has 0 radical (unpaired) electrons. The minimum Gasteiger partial charge on any atom is -0.354 e. The molecular weight excluding hydrogens is 282 g/mol. The Kier molecular flexibility index (Phi) is 5.23. The molecule has 0 aliphatic carbocycles. The largest absolute Gasteiger partial charge is 0.354 e. The predicted molar refractivity (Wildman–Crippen MR) is 87.0 cm³/mol. The SMILES string of the molecule is CCC1=CSC(=C(C#N)c2ccnc(NCC(C)C)n2)N1. The van der Waals surface area contributed by atoms with Crippen molar-refractivity contribution in [1.29, 1.82) is 5.26 Å². The molecule has 1 aromatic rings. The molecule has 0 unspecified atom stereocenters. The molecular formula is C15H19N5S. The summed E-state index contributed by atoms with van der Waals surface area (Å²) in [7, 11) is 0. The molecule has 2 N–H and O–H groups in total. The van der Waals surface area contributed by atoms with Crippen LogP contribution in [0.4, 0.5) is 5.95 Å². The Hall–Kier alpha value is -2.00. The molecule has 0 saturated heterocycles. The number of anilines is 1.